The van der Waals surface area contributed by atoms with Gasteiger partial charge in [-0.25, -0.2) is 4.79 Å². The summed E-state index contributed by atoms with van der Waals surface area (Å²) in [6.07, 6.45) is 2.50. The van der Waals surface area contributed by atoms with Gasteiger partial charge in [0, 0.05) is 45.8 Å². The number of fused-ring (bicyclic) bond motifs is 1. The number of carbonyl (C=O) groups excluding carboxylic acids is 1. The number of methoxy groups -OCH3 is 1. The van der Waals surface area contributed by atoms with E-state index in [2.05, 4.69) is 82.6 Å². The van der Waals surface area contributed by atoms with Crippen molar-refractivity contribution in [2.75, 3.05) is 64.5 Å². The first-order valence-corrected chi connectivity index (χ1v) is 18.6. The van der Waals surface area contributed by atoms with Crippen LogP contribution in [-0.4, -0.2) is 81.6 Å². The largest absolute Gasteiger partial charge is 0.490 e. The maximum absolute atomic E-state index is 13.3. The number of likely N-dealkylation sites (tertiary alicyclic amines) is 2. The topological polar surface area (TPSA) is 63.7 Å². The monoisotopic (exact) mass is 689 g/mol. The van der Waals surface area contributed by atoms with Gasteiger partial charge < -0.3 is 28.7 Å². The first-order valence-electron chi connectivity index (χ1n) is 18.6. The number of ether oxygens (including phenoxy) is 4. The average molecular weight is 690 g/mol. The fourth-order valence-corrected chi connectivity index (χ4v) is 7.79. The number of benzene rings is 4. The van der Waals surface area contributed by atoms with Crippen molar-refractivity contribution in [3.8, 4) is 5.75 Å². The highest BCUT2D eigenvalue weighted by Gasteiger charge is 2.34. The Bertz CT molecular complexity index is 1690. The second kappa shape index (κ2) is 17.2. The predicted octanol–water partition coefficient (Wildman–Crippen LogP) is 7.62. The van der Waals surface area contributed by atoms with Gasteiger partial charge in [-0.15, -0.1) is 0 Å². The van der Waals surface area contributed by atoms with Crippen LogP contribution in [0.3, 0.4) is 0 Å². The first kappa shape index (κ1) is 35.1. The van der Waals surface area contributed by atoms with Gasteiger partial charge in [-0.3, -0.25) is 4.90 Å². The molecule has 8 heteroatoms. The fourth-order valence-electron chi connectivity index (χ4n) is 7.79. The summed E-state index contributed by atoms with van der Waals surface area (Å²) >= 11 is 0. The smallest absolute Gasteiger partial charge is 0.410 e. The number of piperidine rings is 1. The molecule has 3 aliphatic heterocycles. The van der Waals surface area contributed by atoms with Crippen LogP contribution in [0.15, 0.2) is 103 Å². The third-order valence-electron chi connectivity index (χ3n) is 10.6. The molecule has 0 bridgehead atoms. The third-order valence-corrected chi connectivity index (χ3v) is 10.6. The van der Waals surface area contributed by atoms with Crippen LogP contribution in [0.25, 0.3) is 0 Å². The van der Waals surface area contributed by atoms with Gasteiger partial charge in [-0.2, -0.15) is 0 Å². The fraction of sp³-hybridized carbons (Fsp3) is 0.419. The number of carbonyl (C=O) groups is 1. The molecule has 8 nitrogen and oxygen atoms in total. The predicted molar refractivity (Wildman–Crippen MR) is 200 cm³/mol. The van der Waals surface area contributed by atoms with E-state index in [4.69, 9.17) is 18.9 Å². The van der Waals surface area contributed by atoms with E-state index in [0.29, 0.717) is 32.2 Å². The summed E-state index contributed by atoms with van der Waals surface area (Å²) in [7, 11) is 1.75. The Morgan fingerprint density at radius 1 is 0.784 bits per heavy atom. The number of rotatable bonds is 13. The molecule has 1 amide bonds. The molecule has 3 atom stereocenters. The van der Waals surface area contributed by atoms with Crippen LogP contribution in [0.4, 0.5) is 10.5 Å². The zero-order chi connectivity index (χ0) is 34.8. The SMILES string of the molecule is COCCCN1CCOc2ccc(COC3CN(C(=O)OCc4ccccc4)CCC3c3ccc(CN4CCC(c5ccccc5)C4)cc3)cc21. The normalized spacial score (nSPS) is 20.5. The molecule has 3 aliphatic rings. The molecule has 3 heterocycles. The summed E-state index contributed by atoms with van der Waals surface area (Å²) in [5.74, 6) is 1.68. The number of hydrogen-bond acceptors (Lipinski definition) is 7. The molecule has 4 aromatic carbocycles. The number of amides is 1. The first-order chi connectivity index (χ1) is 25.1. The van der Waals surface area contributed by atoms with Crippen molar-refractivity contribution in [3.05, 3.63) is 131 Å². The van der Waals surface area contributed by atoms with Crippen molar-refractivity contribution in [3.63, 3.8) is 0 Å². The molecule has 0 radical (unpaired) electrons. The Balaban J connectivity index is 1.02. The van der Waals surface area contributed by atoms with Gasteiger partial charge >= 0.3 is 6.09 Å². The zero-order valence-corrected chi connectivity index (χ0v) is 29.8. The van der Waals surface area contributed by atoms with Crippen LogP contribution in [0.1, 0.15) is 58.9 Å². The molecule has 0 aromatic heterocycles. The summed E-state index contributed by atoms with van der Waals surface area (Å²) in [6.45, 7) is 8.17. The summed E-state index contributed by atoms with van der Waals surface area (Å²) in [5, 5.41) is 0. The van der Waals surface area contributed by atoms with Gasteiger partial charge in [0.15, 0.2) is 0 Å². The standard InChI is InChI=1S/C43H51N3O5/c1-48-25-8-21-45-24-26-49-41-18-15-35(27-40(41)45)32-50-42-30-46(43(47)51-31-34-9-4-2-5-10-34)23-20-39(42)37-16-13-33(14-17-37)28-44-22-19-38(29-44)36-11-6-3-7-12-36/h2-7,9-18,27,38-39,42H,8,19-26,28-32H2,1H3. The maximum Gasteiger partial charge on any atom is 0.410 e. The molecule has 0 N–H and O–H groups in total. The van der Waals surface area contributed by atoms with Crippen LogP contribution < -0.4 is 9.64 Å². The van der Waals surface area contributed by atoms with Gasteiger partial charge in [0.1, 0.15) is 19.0 Å². The van der Waals surface area contributed by atoms with Crippen LogP contribution in [-0.2, 0) is 34.0 Å². The van der Waals surface area contributed by atoms with E-state index in [-0.39, 0.29) is 24.7 Å². The van der Waals surface area contributed by atoms with Gasteiger partial charge in [-0.05, 0) is 71.7 Å². The number of hydrogen-bond donors (Lipinski definition) is 0. The average Bonchev–Trinajstić information content (AvgIpc) is 3.66. The molecule has 0 saturated carbocycles. The molecule has 2 saturated heterocycles. The molecular formula is C43H51N3O5. The zero-order valence-electron chi connectivity index (χ0n) is 29.8. The van der Waals surface area contributed by atoms with E-state index < -0.39 is 0 Å². The Kier molecular flexibility index (Phi) is 11.8. The van der Waals surface area contributed by atoms with Gasteiger partial charge in [0.05, 0.1) is 31.5 Å². The highest BCUT2D eigenvalue weighted by molar-refractivity contribution is 5.68. The van der Waals surface area contributed by atoms with E-state index in [1.54, 1.807) is 7.11 Å². The molecule has 3 unspecified atom stereocenters. The quantitative estimate of drug-likeness (QED) is 0.134. The molecule has 0 aliphatic carbocycles. The van der Waals surface area contributed by atoms with E-state index in [0.717, 1.165) is 74.7 Å². The lowest BCUT2D eigenvalue weighted by molar-refractivity contribution is -0.0246. The van der Waals surface area contributed by atoms with Gasteiger partial charge in [0.25, 0.3) is 0 Å². The van der Waals surface area contributed by atoms with Crippen molar-refractivity contribution < 1.29 is 23.7 Å². The highest BCUT2D eigenvalue weighted by atomic mass is 16.6. The van der Waals surface area contributed by atoms with E-state index >= 15 is 0 Å². The van der Waals surface area contributed by atoms with Crippen LogP contribution in [0.5, 0.6) is 5.75 Å². The Morgan fingerprint density at radius 3 is 2.37 bits per heavy atom. The molecule has 2 fully saturated rings. The second-order valence-corrected chi connectivity index (χ2v) is 14.1. The Hall–Kier alpha value is -4.37. The summed E-state index contributed by atoms with van der Waals surface area (Å²) < 4.78 is 23.8. The lowest BCUT2D eigenvalue weighted by Crippen LogP contribution is -2.47. The van der Waals surface area contributed by atoms with Gasteiger partial charge in [0.2, 0.25) is 0 Å². The van der Waals surface area contributed by atoms with E-state index in [1.165, 1.54) is 23.1 Å². The third kappa shape index (κ3) is 9.11. The number of nitrogens with zero attached hydrogens (tertiary/aromatic N) is 3. The summed E-state index contributed by atoms with van der Waals surface area (Å²) in [6, 6.07) is 36.2. The van der Waals surface area contributed by atoms with Crippen LogP contribution in [0.2, 0.25) is 0 Å². The van der Waals surface area contributed by atoms with Crippen molar-refractivity contribution in [2.24, 2.45) is 0 Å². The molecule has 0 spiro atoms. The molecular weight excluding hydrogens is 638 g/mol. The van der Waals surface area contributed by atoms with Crippen molar-refractivity contribution in [1.29, 1.82) is 0 Å². The van der Waals surface area contributed by atoms with Crippen molar-refractivity contribution in [2.45, 2.75) is 57.0 Å². The van der Waals surface area contributed by atoms with E-state index in [1.807, 2.05) is 35.2 Å². The maximum atomic E-state index is 13.3. The molecule has 268 valence electrons. The van der Waals surface area contributed by atoms with E-state index in [9.17, 15) is 4.79 Å². The second-order valence-electron chi connectivity index (χ2n) is 14.1. The Morgan fingerprint density at radius 2 is 1.57 bits per heavy atom. The summed E-state index contributed by atoms with van der Waals surface area (Å²) in [5.41, 5.74) is 7.21. The van der Waals surface area contributed by atoms with Crippen molar-refractivity contribution in [1.82, 2.24) is 9.80 Å². The van der Waals surface area contributed by atoms with Gasteiger partial charge in [-0.1, -0.05) is 91.0 Å². The van der Waals surface area contributed by atoms with Crippen LogP contribution in [0, 0.1) is 0 Å². The minimum atomic E-state index is -0.293. The lowest BCUT2D eigenvalue weighted by Gasteiger charge is -2.38. The molecule has 51 heavy (non-hydrogen) atoms. The molecule has 4 aromatic rings. The highest BCUT2D eigenvalue weighted by Crippen LogP contribution is 2.35. The van der Waals surface area contributed by atoms with Crippen molar-refractivity contribution >= 4 is 11.8 Å². The minimum absolute atomic E-state index is 0.165. The lowest BCUT2D eigenvalue weighted by atomic mass is 9.86. The van der Waals surface area contributed by atoms with Crippen LogP contribution >= 0.6 is 0 Å². The minimum Gasteiger partial charge on any atom is -0.490 e. The summed E-state index contributed by atoms with van der Waals surface area (Å²) in [4.78, 5) is 20.0. The Labute approximate surface area is 302 Å². The number of anilines is 1. The molecule has 7 rings (SSSR count).